The molecule has 0 bridgehead atoms. The summed E-state index contributed by atoms with van der Waals surface area (Å²) >= 11 is 4.46. The molecular weight excluding hydrogens is 314 g/mol. The number of unbranched alkanes of at least 4 members (excludes halogenated alkanes) is 1. The summed E-state index contributed by atoms with van der Waals surface area (Å²) in [6.07, 6.45) is 3.89. The van der Waals surface area contributed by atoms with Gasteiger partial charge in [-0.25, -0.2) is 10.4 Å². The molecule has 7 N–H and O–H groups in total. The minimum Gasteiger partial charge on any atom is -0.344 e. The number of carbonyl (C=O) groups is 1. The average Bonchev–Trinajstić information content (AvgIpc) is 2.55. The van der Waals surface area contributed by atoms with E-state index in [4.69, 9.17) is 17.4 Å². The molecule has 0 spiro atoms. The summed E-state index contributed by atoms with van der Waals surface area (Å²) in [5, 5.41) is 1.82. The van der Waals surface area contributed by atoms with Crippen LogP contribution < -0.4 is 22.8 Å². The van der Waals surface area contributed by atoms with E-state index in [-0.39, 0.29) is 11.9 Å². The molecule has 1 unspecified atom stereocenters. The van der Waals surface area contributed by atoms with E-state index in [0.717, 1.165) is 51.9 Å². The summed E-state index contributed by atoms with van der Waals surface area (Å²) in [5.41, 5.74) is 7.91. The first-order valence-electron chi connectivity index (χ1n) is 8.27. The van der Waals surface area contributed by atoms with Crippen LogP contribution in [0.5, 0.6) is 0 Å². The quantitative estimate of drug-likeness (QED) is 0.120. The monoisotopic (exact) mass is 349 g/mol. The number of hydrogen-bond acceptors (Lipinski definition) is 8. The Morgan fingerprint density at radius 3 is 2.26 bits per heavy atom. The van der Waals surface area contributed by atoms with Crippen LogP contribution in [0, 0.1) is 0 Å². The summed E-state index contributed by atoms with van der Waals surface area (Å²) in [5.74, 6) is 11.1. The molecule has 1 atom stereocenters. The van der Waals surface area contributed by atoms with Crippen LogP contribution in [0.25, 0.3) is 0 Å². The lowest BCUT2D eigenvalue weighted by molar-refractivity contribution is -0.131. The van der Waals surface area contributed by atoms with E-state index in [9.17, 15) is 4.79 Å². The molecule has 0 aliphatic rings. The number of carbonyl (C=O) groups excluding carboxylic acids is 1. The van der Waals surface area contributed by atoms with Gasteiger partial charge >= 0.3 is 0 Å². The van der Waals surface area contributed by atoms with Crippen LogP contribution in [0.15, 0.2) is 0 Å². The van der Waals surface area contributed by atoms with Gasteiger partial charge in [-0.2, -0.15) is 0 Å². The molecule has 0 saturated heterocycles. The van der Waals surface area contributed by atoms with Gasteiger partial charge in [-0.15, -0.1) is 0 Å². The maximum absolute atomic E-state index is 11.8. The van der Waals surface area contributed by atoms with Gasteiger partial charge in [-0.05, 0) is 39.2 Å². The summed E-state index contributed by atoms with van der Waals surface area (Å²) in [4.78, 5) is 13.5. The zero-order valence-electron chi connectivity index (χ0n) is 14.6. The van der Waals surface area contributed by atoms with Crippen LogP contribution in [0.1, 0.15) is 32.6 Å². The van der Waals surface area contributed by atoms with Gasteiger partial charge in [0, 0.05) is 39.8 Å². The van der Waals surface area contributed by atoms with E-state index in [1.807, 2.05) is 9.31 Å². The maximum Gasteiger partial charge on any atom is 0.240 e. The molecule has 9 heteroatoms. The van der Waals surface area contributed by atoms with Gasteiger partial charge in [0.15, 0.2) is 0 Å². The first kappa shape index (κ1) is 22.6. The fourth-order valence-corrected chi connectivity index (χ4v) is 2.41. The normalized spacial score (nSPS) is 12.9. The fourth-order valence-electron chi connectivity index (χ4n) is 2.13. The van der Waals surface area contributed by atoms with Gasteiger partial charge in [0.1, 0.15) is 0 Å². The lowest BCUT2D eigenvalue weighted by atomic mass is 10.2. The van der Waals surface area contributed by atoms with Crippen molar-refractivity contribution < 1.29 is 4.79 Å². The molecule has 0 heterocycles. The smallest absolute Gasteiger partial charge is 0.240 e. The molecule has 0 aliphatic heterocycles. The lowest BCUT2D eigenvalue weighted by Gasteiger charge is -2.22. The number of nitrogens with one attached hydrogen (secondary N) is 1. The van der Waals surface area contributed by atoms with Crippen molar-refractivity contribution in [2.45, 2.75) is 38.6 Å². The molecule has 0 aromatic carbocycles. The van der Waals surface area contributed by atoms with Crippen molar-refractivity contribution in [2.24, 2.45) is 17.4 Å². The number of thiol groups is 1. The summed E-state index contributed by atoms with van der Waals surface area (Å²) < 4.78 is 1.99. The second kappa shape index (κ2) is 14.0. The fraction of sp³-hybridized carbons (Fsp3) is 0.929. The number of amides is 1. The Kier molecular flexibility index (Phi) is 13.7. The van der Waals surface area contributed by atoms with Crippen molar-refractivity contribution in [3.8, 4) is 0 Å². The van der Waals surface area contributed by atoms with Crippen molar-refractivity contribution in [3.05, 3.63) is 0 Å². The Labute approximate surface area is 146 Å². The first-order chi connectivity index (χ1) is 10.9. The number of likely N-dealkylation sites (N-methyl/N-ethyl adjacent to an activating group) is 1. The summed E-state index contributed by atoms with van der Waals surface area (Å²) in [6, 6.07) is -0.356. The average molecular weight is 350 g/mol. The molecule has 23 heavy (non-hydrogen) atoms. The standard InChI is InChI=1S/C14H35N7OS/c1-13(18-16)14(22)19(2)8-6-12-21(23)11-4-3-9-20(17)10-5-7-15/h13,18,23H,3-12,15-17H2,1-2H3. The molecule has 8 nitrogen and oxygen atoms in total. The van der Waals surface area contributed by atoms with Gasteiger partial charge < -0.3 is 10.6 Å². The molecule has 138 valence electrons. The number of hydrogen-bond donors (Lipinski definition) is 5. The molecule has 0 radical (unpaired) electrons. The molecule has 1 amide bonds. The van der Waals surface area contributed by atoms with Crippen LogP contribution in [0.3, 0.4) is 0 Å². The van der Waals surface area contributed by atoms with E-state index in [0.29, 0.717) is 13.1 Å². The highest BCUT2D eigenvalue weighted by Crippen LogP contribution is 2.02. The Morgan fingerprint density at radius 1 is 1.09 bits per heavy atom. The number of rotatable bonds is 14. The van der Waals surface area contributed by atoms with Gasteiger partial charge in [-0.1, -0.05) is 12.8 Å². The third-order valence-corrected chi connectivity index (χ3v) is 4.07. The van der Waals surface area contributed by atoms with Crippen molar-refractivity contribution in [1.82, 2.24) is 19.6 Å². The zero-order chi connectivity index (χ0) is 17.7. The molecule has 0 aromatic heterocycles. The number of nitrogens with zero attached hydrogens (tertiary/aromatic N) is 3. The molecular formula is C14H35N7OS. The van der Waals surface area contributed by atoms with Gasteiger partial charge in [0.25, 0.3) is 0 Å². The SMILES string of the molecule is CC(NN)C(=O)N(C)CCCN(S)CCCCN(N)CCCN. The topological polar surface area (TPSA) is 117 Å². The molecule has 0 rings (SSSR count). The maximum atomic E-state index is 11.8. The highest BCUT2D eigenvalue weighted by molar-refractivity contribution is 7.77. The highest BCUT2D eigenvalue weighted by atomic mass is 32.1. The summed E-state index contributed by atoms with van der Waals surface area (Å²) in [6.45, 7) is 6.59. The van der Waals surface area contributed by atoms with E-state index < -0.39 is 0 Å². The van der Waals surface area contributed by atoms with Crippen LogP contribution >= 0.6 is 12.8 Å². The Hall–Kier alpha value is -0.420. The largest absolute Gasteiger partial charge is 0.344 e. The minimum absolute atomic E-state index is 0.00118. The van der Waals surface area contributed by atoms with Crippen LogP contribution in [-0.4, -0.2) is 72.5 Å². The second-order valence-corrected chi connectivity index (χ2v) is 6.41. The third kappa shape index (κ3) is 11.7. The Morgan fingerprint density at radius 2 is 1.65 bits per heavy atom. The highest BCUT2D eigenvalue weighted by Gasteiger charge is 2.15. The van der Waals surface area contributed by atoms with E-state index >= 15 is 0 Å². The van der Waals surface area contributed by atoms with E-state index in [2.05, 4.69) is 18.2 Å². The van der Waals surface area contributed by atoms with Gasteiger partial charge in [-0.3, -0.25) is 20.8 Å². The van der Waals surface area contributed by atoms with Gasteiger partial charge in [0.05, 0.1) is 6.04 Å². The van der Waals surface area contributed by atoms with Crippen LogP contribution in [0.2, 0.25) is 0 Å². The summed E-state index contributed by atoms with van der Waals surface area (Å²) in [7, 11) is 1.79. The van der Waals surface area contributed by atoms with E-state index in [1.165, 1.54) is 0 Å². The van der Waals surface area contributed by atoms with Crippen LogP contribution in [-0.2, 0) is 4.79 Å². The van der Waals surface area contributed by atoms with Crippen molar-refractivity contribution in [3.63, 3.8) is 0 Å². The molecule has 0 aromatic rings. The molecule has 0 aliphatic carbocycles. The van der Waals surface area contributed by atoms with E-state index in [1.54, 1.807) is 18.9 Å². The Balaban J connectivity index is 3.64. The van der Waals surface area contributed by atoms with Crippen LogP contribution in [0.4, 0.5) is 0 Å². The molecule has 0 saturated carbocycles. The van der Waals surface area contributed by atoms with Crippen molar-refractivity contribution in [2.75, 3.05) is 46.3 Å². The number of hydrazine groups is 2. The predicted molar refractivity (Wildman–Crippen MR) is 98.3 cm³/mol. The minimum atomic E-state index is -0.356. The third-order valence-electron chi connectivity index (χ3n) is 3.67. The zero-order valence-corrected chi connectivity index (χ0v) is 15.5. The lowest BCUT2D eigenvalue weighted by Crippen LogP contribution is -2.46. The number of nitrogens with two attached hydrogens (primary N) is 3. The van der Waals surface area contributed by atoms with Gasteiger partial charge in [0.2, 0.25) is 5.91 Å². The second-order valence-electron chi connectivity index (χ2n) is 5.84. The van der Waals surface area contributed by atoms with Crippen molar-refractivity contribution in [1.29, 1.82) is 0 Å². The Bertz CT molecular complexity index is 309. The molecule has 0 fully saturated rings. The first-order valence-corrected chi connectivity index (χ1v) is 8.67. The van der Waals surface area contributed by atoms with Crippen molar-refractivity contribution >= 4 is 18.7 Å². The predicted octanol–water partition coefficient (Wildman–Crippen LogP) is -0.862.